The lowest BCUT2D eigenvalue weighted by atomic mass is 10.1. The van der Waals surface area contributed by atoms with Crippen molar-refractivity contribution >= 4 is 17.3 Å². The molecule has 2 heteroatoms. The van der Waals surface area contributed by atoms with Crippen LogP contribution < -0.4 is 5.32 Å². The summed E-state index contributed by atoms with van der Waals surface area (Å²) in [5.41, 5.74) is 6.42. The molecule has 2 rings (SSSR count). The molecule has 0 aliphatic heterocycles. The van der Waals surface area contributed by atoms with Crippen LogP contribution in [0, 0.1) is 13.8 Å². The van der Waals surface area contributed by atoms with Crippen LogP contribution in [0.15, 0.2) is 42.5 Å². The molecule has 0 radical (unpaired) electrons. The van der Waals surface area contributed by atoms with Crippen molar-refractivity contribution in [3.8, 4) is 0 Å². The predicted molar refractivity (Wildman–Crippen MR) is 84.1 cm³/mol. The van der Waals surface area contributed by atoms with E-state index in [9.17, 15) is 0 Å². The molecule has 0 heterocycles. The lowest BCUT2D eigenvalue weighted by Crippen LogP contribution is -2.01. The van der Waals surface area contributed by atoms with Crippen molar-refractivity contribution in [1.82, 2.24) is 0 Å². The largest absolute Gasteiger partial charge is 0.381 e. The summed E-state index contributed by atoms with van der Waals surface area (Å²) in [6.07, 6.45) is 0.929. The summed E-state index contributed by atoms with van der Waals surface area (Å²) >= 11 is 5.73. The molecular weight excluding hydrogens is 254 g/mol. The van der Waals surface area contributed by atoms with E-state index in [1.54, 1.807) is 0 Å². The zero-order valence-corrected chi connectivity index (χ0v) is 12.3. The fourth-order valence-electron chi connectivity index (χ4n) is 2.09. The number of aryl methyl sites for hydroxylation is 3. The van der Waals surface area contributed by atoms with E-state index >= 15 is 0 Å². The lowest BCUT2D eigenvalue weighted by Gasteiger charge is -2.10. The van der Waals surface area contributed by atoms with Gasteiger partial charge in [-0.05, 0) is 49.1 Å². The predicted octanol–water partition coefficient (Wildman–Crippen LogP) is 4.70. The summed E-state index contributed by atoms with van der Waals surface area (Å²) in [6.45, 7) is 5.15. The average molecular weight is 274 g/mol. The first-order valence-corrected chi connectivity index (χ1v) is 7.17. The number of rotatable bonds is 5. The smallest absolute Gasteiger partial charge is 0.0403 e. The van der Waals surface area contributed by atoms with Crippen molar-refractivity contribution in [2.45, 2.75) is 26.8 Å². The molecule has 0 aliphatic rings. The third-order valence-electron chi connectivity index (χ3n) is 3.32. The minimum absolute atomic E-state index is 0.676. The Morgan fingerprint density at radius 1 is 1.00 bits per heavy atom. The Morgan fingerprint density at radius 3 is 2.42 bits per heavy atom. The third-order valence-corrected chi connectivity index (χ3v) is 3.51. The van der Waals surface area contributed by atoms with Crippen molar-refractivity contribution in [2.24, 2.45) is 0 Å². The Bertz CT molecular complexity index is 531. The van der Waals surface area contributed by atoms with Crippen LogP contribution in [-0.4, -0.2) is 5.88 Å². The summed E-state index contributed by atoms with van der Waals surface area (Å²) in [5.74, 6) is 0.676. The molecule has 0 saturated heterocycles. The Hall–Kier alpha value is -1.47. The third kappa shape index (κ3) is 4.00. The molecule has 0 amide bonds. The molecule has 1 N–H and O–H groups in total. The second kappa shape index (κ2) is 6.63. The Morgan fingerprint density at radius 2 is 1.74 bits per heavy atom. The van der Waals surface area contributed by atoms with Crippen LogP contribution >= 0.6 is 11.6 Å². The Kier molecular flexibility index (Phi) is 4.86. The van der Waals surface area contributed by atoms with E-state index in [1.807, 2.05) is 0 Å². The van der Waals surface area contributed by atoms with Crippen molar-refractivity contribution < 1.29 is 0 Å². The lowest BCUT2D eigenvalue weighted by molar-refractivity contribution is 1.10. The molecule has 2 aromatic carbocycles. The fourth-order valence-corrected chi connectivity index (χ4v) is 2.30. The van der Waals surface area contributed by atoms with Gasteiger partial charge in [-0.3, -0.25) is 0 Å². The molecule has 1 nitrogen and oxygen atoms in total. The molecule has 0 bridgehead atoms. The number of nitrogens with one attached hydrogen (secondary N) is 1. The molecule has 0 fully saturated rings. The number of halogens is 1. The maximum Gasteiger partial charge on any atom is 0.0403 e. The quantitative estimate of drug-likeness (QED) is 0.779. The van der Waals surface area contributed by atoms with E-state index in [0.29, 0.717) is 5.88 Å². The van der Waals surface area contributed by atoms with Gasteiger partial charge >= 0.3 is 0 Å². The first-order valence-electron chi connectivity index (χ1n) is 6.64. The molecule has 0 atom stereocenters. The highest BCUT2D eigenvalue weighted by atomic mass is 35.5. The second-order valence-corrected chi connectivity index (χ2v) is 5.30. The van der Waals surface area contributed by atoms with E-state index < -0.39 is 0 Å². The van der Waals surface area contributed by atoms with Crippen molar-refractivity contribution in [3.05, 3.63) is 64.7 Å². The molecule has 0 saturated carbocycles. The van der Waals surface area contributed by atoms with Gasteiger partial charge in [-0.1, -0.05) is 35.9 Å². The summed E-state index contributed by atoms with van der Waals surface area (Å²) in [4.78, 5) is 0. The molecule has 0 spiro atoms. The zero-order valence-electron chi connectivity index (χ0n) is 11.5. The number of hydrogen-bond acceptors (Lipinski definition) is 1. The minimum Gasteiger partial charge on any atom is -0.381 e. The highest BCUT2D eigenvalue weighted by Gasteiger charge is 1.99. The Balaban J connectivity index is 2.00. The van der Waals surface area contributed by atoms with Gasteiger partial charge < -0.3 is 5.32 Å². The van der Waals surface area contributed by atoms with Gasteiger partial charge in [0, 0.05) is 18.1 Å². The van der Waals surface area contributed by atoms with Gasteiger partial charge in [0.15, 0.2) is 0 Å². The molecule has 0 aromatic heterocycles. The van der Waals surface area contributed by atoms with Crippen molar-refractivity contribution in [1.29, 1.82) is 0 Å². The van der Waals surface area contributed by atoms with E-state index in [2.05, 4.69) is 61.6 Å². The van der Waals surface area contributed by atoms with Crippen LogP contribution in [-0.2, 0) is 13.0 Å². The molecular formula is C17H20ClN. The van der Waals surface area contributed by atoms with E-state index in [4.69, 9.17) is 11.6 Å². The van der Waals surface area contributed by atoms with Gasteiger partial charge in [0.2, 0.25) is 0 Å². The van der Waals surface area contributed by atoms with E-state index in [-0.39, 0.29) is 0 Å². The van der Waals surface area contributed by atoms with Gasteiger partial charge in [-0.15, -0.1) is 11.6 Å². The average Bonchev–Trinajstić information content (AvgIpc) is 2.42. The highest BCUT2D eigenvalue weighted by molar-refractivity contribution is 6.17. The topological polar surface area (TPSA) is 12.0 Å². The fraction of sp³-hybridized carbons (Fsp3) is 0.294. The molecule has 2 aromatic rings. The number of hydrogen-bond donors (Lipinski definition) is 1. The first-order chi connectivity index (χ1) is 9.19. The second-order valence-electron chi connectivity index (χ2n) is 4.92. The van der Waals surface area contributed by atoms with Gasteiger partial charge in [0.1, 0.15) is 0 Å². The number of benzene rings is 2. The summed E-state index contributed by atoms with van der Waals surface area (Å²) in [6, 6.07) is 15.1. The molecule has 0 aliphatic carbocycles. The van der Waals surface area contributed by atoms with E-state index in [0.717, 1.165) is 18.7 Å². The standard InChI is InChI=1S/C17H20ClN/c1-13-3-4-14(2)16(11-13)12-19-17-7-5-15(6-8-17)9-10-18/h3-8,11,19H,9-10,12H2,1-2H3. The van der Waals surface area contributed by atoms with Gasteiger partial charge in [0.25, 0.3) is 0 Å². The van der Waals surface area contributed by atoms with Crippen LogP contribution in [0.1, 0.15) is 22.3 Å². The molecule has 19 heavy (non-hydrogen) atoms. The van der Waals surface area contributed by atoms with Crippen LogP contribution in [0.25, 0.3) is 0 Å². The SMILES string of the molecule is Cc1ccc(C)c(CNc2ccc(CCCl)cc2)c1. The van der Waals surface area contributed by atoms with Crippen molar-refractivity contribution in [2.75, 3.05) is 11.2 Å². The maximum atomic E-state index is 5.73. The number of anilines is 1. The van der Waals surface area contributed by atoms with Crippen LogP contribution in [0.5, 0.6) is 0 Å². The van der Waals surface area contributed by atoms with Crippen LogP contribution in [0.4, 0.5) is 5.69 Å². The number of alkyl halides is 1. The first kappa shape index (κ1) is 14.0. The Labute approximate surface area is 120 Å². The summed E-state index contributed by atoms with van der Waals surface area (Å²) in [7, 11) is 0. The van der Waals surface area contributed by atoms with Gasteiger partial charge in [-0.25, -0.2) is 0 Å². The van der Waals surface area contributed by atoms with Crippen LogP contribution in [0.2, 0.25) is 0 Å². The van der Waals surface area contributed by atoms with Gasteiger partial charge in [0.05, 0.1) is 0 Å². The molecule has 0 unspecified atom stereocenters. The summed E-state index contributed by atoms with van der Waals surface area (Å²) in [5, 5.41) is 3.47. The monoisotopic (exact) mass is 273 g/mol. The highest BCUT2D eigenvalue weighted by Crippen LogP contribution is 2.15. The van der Waals surface area contributed by atoms with E-state index in [1.165, 1.54) is 22.3 Å². The van der Waals surface area contributed by atoms with Gasteiger partial charge in [-0.2, -0.15) is 0 Å². The van der Waals surface area contributed by atoms with Crippen molar-refractivity contribution in [3.63, 3.8) is 0 Å². The minimum atomic E-state index is 0.676. The summed E-state index contributed by atoms with van der Waals surface area (Å²) < 4.78 is 0. The normalized spacial score (nSPS) is 10.5. The van der Waals surface area contributed by atoms with Crippen LogP contribution in [0.3, 0.4) is 0 Å². The zero-order chi connectivity index (χ0) is 13.7. The maximum absolute atomic E-state index is 5.73. The molecule has 100 valence electrons.